The van der Waals surface area contributed by atoms with Crippen molar-refractivity contribution in [3.63, 3.8) is 0 Å². The third kappa shape index (κ3) is 4.48. The second-order valence-electron chi connectivity index (χ2n) is 5.11. The van der Waals surface area contributed by atoms with Gasteiger partial charge in [-0.05, 0) is 18.9 Å². The summed E-state index contributed by atoms with van der Waals surface area (Å²) in [5.74, 6) is 1.37. The van der Waals surface area contributed by atoms with Crippen LogP contribution in [0.25, 0.3) is 0 Å². The predicted molar refractivity (Wildman–Crippen MR) is 74.9 cm³/mol. The summed E-state index contributed by atoms with van der Waals surface area (Å²) >= 11 is 0. The topological polar surface area (TPSA) is 51.0 Å². The minimum atomic E-state index is 0.419. The predicted octanol–water partition coefficient (Wildman–Crippen LogP) is 2.66. The Kier molecular flexibility index (Phi) is 4.68. The highest BCUT2D eigenvalue weighted by Gasteiger charge is 2.06. The van der Waals surface area contributed by atoms with Gasteiger partial charge >= 0.3 is 0 Å². The zero-order valence-electron chi connectivity index (χ0n) is 11.8. The first-order valence-electron chi connectivity index (χ1n) is 6.73. The van der Waals surface area contributed by atoms with Gasteiger partial charge in [-0.1, -0.05) is 43.7 Å². The highest BCUT2D eigenvalue weighted by molar-refractivity contribution is 5.22. The largest absolute Gasteiger partial charge is 0.424 e. The molecule has 0 saturated carbocycles. The Hall–Kier alpha value is -1.68. The molecule has 1 heterocycles. The quantitative estimate of drug-likeness (QED) is 0.866. The maximum Gasteiger partial charge on any atom is 0.230 e. The fourth-order valence-corrected chi connectivity index (χ4v) is 1.87. The van der Waals surface area contributed by atoms with Crippen LogP contribution in [-0.2, 0) is 19.4 Å². The first-order chi connectivity index (χ1) is 9.13. The van der Waals surface area contributed by atoms with Crippen molar-refractivity contribution in [3.8, 4) is 0 Å². The monoisotopic (exact) mass is 259 g/mol. The van der Waals surface area contributed by atoms with E-state index in [1.807, 2.05) is 0 Å². The molecule has 0 aliphatic carbocycles. The van der Waals surface area contributed by atoms with Gasteiger partial charge in [-0.3, -0.25) is 0 Å². The van der Waals surface area contributed by atoms with Crippen molar-refractivity contribution in [1.82, 2.24) is 15.5 Å². The minimum absolute atomic E-state index is 0.419. The molecule has 0 amide bonds. The third-order valence-electron chi connectivity index (χ3n) is 2.88. The van der Waals surface area contributed by atoms with Crippen molar-refractivity contribution in [3.05, 3.63) is 47.2 Å². The Labute approximate surface area is 114 Å². The molecule has 19 heavy (non-hydrogen) atoms. The van der Waals surface area contributed by atoms with E-state index in [1.165, 1.54) is 11.1 Å². The Bertz CT molecular complexity index is 520. The van der Waals surface area contributed by atoms with Crippen LogP contribution in [0.3, 0.4) is 0 Å². The van der Waals surface area contributed by atoms with Gasteiger partial charge in [-0.25, -0.2) is 0 Å². The first kappa shape index (κ1) is 13.7. The molecule has 1 aromatic heterocycles. The molecule has 2 rings (SSSR count). The molecule has 0 radical (unpaired) electrons. The molecule has 0 atom stereocenters. The van der Waals surface area contributed by atoms with Crippen molar-refractivity contribution in [2.24, 2.45) is 0 Å². The Morgan fingerprint density at radius 1 is 1.16 bits per heavy atom. The van der Waals surface area contributed by atoms with Crippen LogP contribution in [-0.4, -0.2) is 16.2 Å². The maximum atomic E-state index is 5.60. The zero-order chi connectivity index (χ0) is 13.7. The summed E-state index contributed by atoms with van der Waals surface area (Å²) in [6.45, 7) is 6.92. The molecule has 2 aromatic rings. The molecular weight excluding hydrogens is 238 g/mol. The molecule has 0 aliphatic heterocycles. The number of benzene rings is 1. The van der Waals surface area contributed by atoms with E-state index in [9.17, 15) is 0 Å². The Morgan fingerprint density at radius 3 is 2.68 bits per heavy atom. The van der Waals surface area contributed by atoms with Crippen LogP contribution in [0.1, 0.15) is 36.8 Å². The molecular formula is C15H21N3O. The molecule has 102 valence electrons. The van der Waals surface area contributed by atoms with Gasteiger partial charge in [-0.15, -0.1) is 10.2 Å². The van der Waals surface area contributed by atoms with Gasteiger partial charge in [0.2, 0.25) is 11.8 Å². The molecule has 4 heteroatoms. The van der Waals surface area contributed by atoms with Gasteiger partial charge in [0.05, 0.1) is 6.54 Å². The van der Waals surface area contributed by atoms with Gasteiger partial charge in [0.25, 0.3) is 0 Å². The van der Waals surface area contributed by atoms with Crippen molar-refractivity contribution in [2.75, 3.05) is 0 Å². The summed E-state index contributed by atoms with van der Waals surface area (Å²) in [6, 6.07) is 8.92. The Balaban J connectivity index is 1.86. The van der Waals surface area contributed by atoms with Gasteiger partial charge in [0, 0.05) is 12.5 Å². The molecule has 0 fully saturated rings. The summed E-state index contributed by atoms with van der Waals surface area (Å²) in [5, 5.41) is 11.4. The lowest BCUT2D eigenvalue weighted by molar-refractivity contribution is 0.421. The lowest BCUT2D eigenvalue weighted by atomic mass is 10.1. The van der Waals surface area contributed by atoms with E-state index in [2.05, 4.69) is 60.6 Å². The van der Waals surface area contributed by atoms with Crippen LogP contribution >= 0.6 is 0 Å². The number of hydrogen-bond donors (Lipinski definition) is 1. The van der Waals surface area contributed by atoms with Gasteiger partial charge in [0.1, 0.15) is 0 Å². The third-order valence-corrected chi connectivity index (χ3v) is 2.88. The van der Waals surface area contributed by atoms with Crippen molar-refractivity contribution in [1.29, 1.82) is 0 Å². The Morgan fingerprint density at radius 2 is 1.95 bits per heavy atom. The van der Waals surface area contributed by atoms with Gasteiger partial charge in [-0.2, -0.15) is 0 Å². The summed E-state index contributed by atoms with van der Waals surface area (Å²) < 4.78 is 5.60. The SMILES string of the molecule is Cc1cccc(CCc2nnc(CNC(C)C)o2)c1. The number of nitrogens with zero attached hydrogens (tertiary/aromatic N) is 2. The molecule has 1 aromatic carbocycles. The van der Waals surface area contributed by atoms with Crippen LogP contribution in [0.15, 0.2) is 28.7 Å². The number of nitrogens with one attached hydrogen (secondary N) is 1. The first-order valence-corrected chi connectivity index (χ1v) is 6.73. The molecule has 0 unspecified atom stereocenters. The van der Waals surface area contributed by atoms with Crippen LogP contribution in [0, 0.1) is 6.92 Å². The summed E-state index contributed by atoms with van der Waals surface area (Å²) in [5.41, 5.74) is 2.59. The van der Waals surface area contributed by atoms with E-state index in [0.29, 0.717) is 24.4 Å². The van der Waals surface area contributed by atoms with Crippen LogP contribution in [0.2, 0.25) is 0 Å². The fourth-order valence-electron chi connectivity index (χ4n) is 1.87. The van der Waals surface area contributed by atoms with E-state index in [4.69, 9.17) is 4.42 Å². The average molecular weight is 259 g/mol. The molecule has 0 saturated heterocycles. The normalized spacial score (nSPS) is 11.2. The number of aromatic nitrogens is 2. The van der Waals surface area contributed by atoms with E-state index in [0.717, 1.165) is 12.8 Å². The maximum absolute atomic E-state index is 5.60. The van der Waals surface area contributed by atoms with E-state index < -0.39 is 0 Å². The number of aryl methyl sites for hydroxylation is 3. The summed E-state index contributed by atoms with van der Waals surface area (Å²) in [4.78, 5) is 0. The van der Waals surface area contributed by atoms with Gasteiger partial charge in [0.15, 0.2) is 0 Å². The van der Waals surface area contributed by atoms with Crippen LogP contribution in [0.4, 0.5) is 0 Å². The molecule has 4 nitrogen and oxygen atoms in total. The van der Waals surface area contributed by atoms with Crippen molar-refractivity contribution < 1.29 is 4.42 Å². The van der Waals surface area contributed by atoms with E-state index in [1.54, 1.807) is 0 Å². The summed E-state index contributed by atoms with van der Waals surface area (Å²) in [7, 11) is 0. The molecule has 0 aliphatic rings. The van der Waals surface area contributed by atoms with E-state index in [-0.39, 0.29) is 0 Å². The second-order valence-corrected chi connectivity index (χ2v) is 5.11. The van der Waals surface area contributed by atoms with E-state index >= 15 is 0 Å². The smallest absolute Gasteiger partial charge is 0.230 e. The highest BCUT2D eigenvalue weighted by atomic mass is 16.4. The molecule has 1 N–H and O–H groups in total. The number of rotatable bonds is 6. The molecule has 0 spiro atoms. The standard InChI is InChI=1S/C15H21N3O/c1-11(2)16-10-15-18-17-14(19-15)8-7-13-6-4-5-12(3)9-13/h4-6,9,11,16H,7-8,10H2,1-3H3. The molecule has 0 bridgehead atoms. The zero-order valence-corrected chi connectivity index (χ0v) is 11.8. The lowest BCUT2D eigenvalue weighted by Gasteiger charge is -2.03. The highest BCUT2D eigenvalue weighted by Crippen LogP contribution is 2.09. The average Bonchev–Trinajstić information content (AvgIpc) is 2.82. The summed E-state index contributed by atoms with van der Waals surface area (Å²) in [6.07, 6.45) is 1.72. The minimum Gasteiger partial charge on any atom is -0.424 e. The second kappa shape index (κ2) is 6.48. The van der Waals surface area contributed by atoms with Crippen LogP contribution in [0.5, 0.6) is 0 Å². The van der Waals surface area contributed by atoms with Gasteiger partial charge < -0.3 is 9.73 Å². The van der Waals surface area contributed by atoms with Crippen molar-refractivity contribution in [2.45, 2.75) is 46.2 Å². The number of hydrogen-bond acceptors (Lipinski definition) is 4. The van der Waals surface area contributed by atoms with Crippen molar-refractivity contribution >= 4 is 0 Å². The fraction of sp³-hybridized carbons (Fsp3) is 0.467. The van der Waals surface area contributed by atoms with Crippen LogP contribution < -0.4 is 5.32 Å². The lowest BCUT2D eigenvalue weighted by Crippen LogP contribution is -2.21.